The third-order valence-electron chi connectivity index (χ3n) is 4.17. The summed E-state index contributed by atoms with van der Waals surface area (Å²) < 4.78 is 13.1. The Balaban J connectivity index is 1.91. The molecule has 8 heteroatoms. The van der Waals surface area contributed by atoms with Gasteiger partial charge in [0.2, 0.25) is 0 Å². The van der Waals surface area contributed by atoms with E-state index in [2.05, 4.69) is 15.6 Å². The highest BCUT2D eigenvalue weighted by atomic mass is 19.1. The second-order valence-corrected chi connectivity index (χ2v) is 5.90. The molecule has 2 saturated heterocycles. The summed E-state index contributed by atoms with van der Waals surface area (Å²) in [6, 6.07) is 5.11. The quantitative estimate of drug-likeness (QED) is 0.857. The maximum Gasteiger partial charge on any atom is 0.325 e. The topological polar surface area (TPSA) is 77.0 Å². The largest absolute Gasteiger partial charge is 0.333 e. The molecule has 2 aliphatic heterocycles. The van der Waals surface area contributed by atoms with Crippen LogP contribution in [-0.2, 0) is 11.3 Å². The Hall–Kier alpha value is -2.64. The maximum atomic E-state index is 13.1. The number of hydrogen-bond acceptors (Lipinski definition) is 3. The molecule has 1 aromatic carbocycles. The fraction of sp³-hybridized carbons (Fsp3) is 0.438. The zero-order valence-electron chi connectivity index (χ0n) is 13.6. The lowest BCUT2D eigenvalue weighted by atomic mass is 10.1. The third kappa shape index (κ3) is 2.91. The number of amides is 3. The van der Waals surface area contributed by atoms with Crippen molar-refractivity contribution in [1.29, 1.82) is 0 Å². The van der Waals surface area contributed by atoms with Gasteiger partial charge in [-0.2, -0.15) is 0 Å². The Labute approximate surface area is 139 Å². The number of carbonyl (C=O) groups excluding carboxylic acids is 2. The Bertz CT molecular complexity index is 676. The van der Waals surface area contributed by atoms with Crippen LogP contribution in [0.4, 0.5) is 9.18 Å². The van der Waals surface area contributed by atoms with Crippen LogP contribution in [0.3, 0.4) is 0 Å². The molecule has 0 saturated carbocycles. The molecule has 0 aliphatic carbocycles. The first-order chi connectivity index (χ1) is 11.5. The number of fused-ring (bicyclic) bond motifs is 1. The van der Waals surface area contributed by atoms with Gasteiger partial charge >= 0.3 is 6.03 Å². The first kappa shape index (κ1) is 16.2. The molecule has 2 unspecified atom stereocenters. The number of hydrogen-bond donors (Lipinski definition) is 2. The minimum atomic E-state index is -0.576. The van der Waals surface area contributed by atoms with E-state index in [1.54, 1.807) is 19.2 Å². The Morgan fingerprint density at radius 2 is 1.96 bits per heavy atom. The molecule has 0 radical (unpaired) electrons. The van der Waals surface area contributed by atoms with Crippen LogP contribution in [0.15, 0.2) is 29.3 Å². The average Bonchev–Trinajstić information content (AvgIpc) is 2.92. The van der Waals surface area contributed by atoms with Crippen molar-refractivity contribution in [1.82, 2.24) is 20.4 Å². The van der Waals surface area contributed by atoms with Gasteiger partial charge in [0.1, 0.15) is 12.0 Å². The molecule has 7 nitrogen and oxygen atoms in total. The number of halogens is 1. The summed E-state index contributed by atoms with van der Waals surface area (Å²) in [6.45, 7) is 3.02. The number of nitrogens with zero attached hydrogens (tertiary/aromatic N) is 3. The molecule has 128 valence electrons. The van der Waals surface area contributed by atoms with Crippen LogP contribution in [0.25, 0.3) is 0 Å². The summed E-state index contributed by atoms with van der Waals surface area (Å²) >= 11 is 0. The van der Waals surface area contributed by atoms with Gasteiger partial charge in [-0.3, -0.25) is 15.1 Å². The van der Waals surface area contributed by atoms with E-state index >= 15 is 0 Å². The first-order valence-corrected chi connectivity index (χ1v) is 7.91. The summed E-state index contributed by atoms with van der Waals surface area (Å²) in [4.78, 5) is 32.0. The van der Waals surface area contributed by atoms with Gasteiger partial charge < -0.3 is 15.1 Å². The standard InChI is InChI=1S/C16H20FN5O2/c1-3-8-18-15-19-13-12(14(23)20-16(24)21(13)2)22(15)9-10-4-6-11(17)7-5-10/h4-7,12-13H,3,8-9H2,1-2H3,(H,18,19)(H,20,23,24). The highest BCUT2D eigenvalue weighted by Gasteiger charge is 2.49. The van der Waals surface area contributed by atoms with Gasteiger partial charge in [-0.15, -0.1) is 0 Å². The lowest BCUT2D eigenvalue weighted by molar-refractivity contribution is -0.127. The van der Waals surface area contributed by atoms with E-state index in [0.717, 1.165) is 12.0 Å². The Morgan fingerprint density at radius 1 is 1.25 bits per heavy atom. The van der Waals surface area contributed by atoms with Crippen molar-refractivity contribution < 1.29 is 14.0 Å². The fourth-order valence-electron chi connectivity index (χ4n) is 2.90. The Morgan fingerprint density at radius 3 is 2.62 bits per heavy atom. The fourth-order valence-corrected chi connectivity index (χ4v) is 2.90. The molecule has 2 aliphatic rings. The molecule has 2 heterocycles. The number of benzene rings is 1. The van der Waals surface area contributed by atoms with E-state index in [4.69, 9.17) is 0 Å². The molecule has 2 fully saturated rings. The predicted octanol–water partition coefficient (Wildman–Crippen LogP) is 0.873. The number of likely N-dealkylation sites (N-methyl/N-ethyl adjacent to an activating group) is 1. The van der Waals surface area contributed by atoms with Crippen LogP contribution in [-0.4, -0.2) is 53.5 Å². The second-order valence-electron chi connectivity index (χ2n) is 5.90. The monoisotopic (exact) mass is 333 g/mol. The summed E-state index contributed by atoms with van der Waals surface area (Å²) in [5.41, 5.74) is 0.857. The van der Waals surface area contributed by atoms with Gasteiger partial charge in [-0.1, -0.05) is 19.1 Å². The number of aliphatic imine (C=N–C) groups is 1. The van der Waals surface area contributed by atoms with E-state index < -0.39 is 18.2 Å². The predicted molar refractivity (Wildman–Crippen MR) is 86.5 cm³/mol. The normalized spacial score (nSPS) is 24.9. The van der Waals surface area contributed by atoms with E-state index in [0.29, 0.717) is 19.0 Å². The van der Waals surface area contributed by atoms with Crippen molar-refractivity contribution in [2.24, 2.45) is 4.99 Å². The van der Waals surface area contributed by atoms with Crippen molar-refractivity contribution in [3.8, 4) is 0 Å². The number of rotatable bonds is 4. The lowest BCUT2D eigenvalue weighted by Gasteiger charge is -2.35. The summed E-state index contributed by atoms with van der Waals surface area (Å²) in [5, 5.41) is 5.52. The van der Waals surface area contributed by atoms with E-state index in [1.807, 2.05) is 11.8 Å². The number of guanidine groups is 1. The zero-order valence-corrected chi connectivity index (χ0v) is 13.6. The van der Waals surface area contributed by atoms with Gasteiger partial charge in [0.05, 0.1) is 0 Å². The van der Waals surface area contributed by atoms with Crippen molar-refractivity contribution in [2.45, 2.75) is 32.1 Å². The molecule has 24 heavy (non-hydrogen) atoms. The van der Waals surface area contributed by atoms with Crippen LogP contribution in [0.1, 0.15) is 18.9 Å². The molecular weight excluding hydrogens is 313 g/mol. The van der Waals surface area contributed by atoms with Crippen LogP contribution in [0.5, 0.6) is 0 Å². The van der Waals surface area contributed by atoms with Gasteiger partial charge in [-0.05, 0) is 24.1 Å². The summed E-state index contributed by atoms with van der Waals surface area (Å²) in [5.74, 6) is -0.0935. The SMILES string of the molecule is CCCN=C1NC2C(C(=O)NC(=O)N2C)N1Cc1ccc(F)cc1. The number of nitrogens with one attached hydrogen (secondary N) is 2. The summed E-state index contributed by atoms with van der Waals surface area (Å²) in [7, 11) is 1.63. The lowest BCUT2D eigenvalue weighted by Crippen LogP contribution is -2.64. The first-order valence-electron chi connectivity index (χ1n) is 7.91. The van der Waals surface area contributed by atoms with Gasteiger partial charge in [0.25, 0.3) is 5.91 Å². The van der Waals surface area contributed by atoms with Crippen molar-refractivity contribution in [3.05, 3.63) is 35.6 Å². The van der Waals surface area contributed by atoms with Crippen LogP contribution < -0.4 is 10.6 Å². The molecular formula is C16H20FN5O2. The minimum Gasteiger partial charge on any atom is -0.333 e. The highest BCUT2D eigenvalue weighted by Crippen LogP contribution is 2.23. The van der Waals surface area contributed by atoms with Crippen LogP contribution in [0.2, 0.25) is 0 Å². The van der Waals surface area contributed by atoms with Crippen molar-refractivity contribution in [3.63, 3.8) is 0 Å². The molecule has 2 atom stereocenters. The smallest absolute Gasteiger partial charge is 0.325 e. The number of carbonyl (C=O) groups is 2. The van der Waals surface area contributed by atoms with E-state index in [1.165, 1.54) is 17.0 Å². The van der Waals surface area contributed by atoms with E-state index in [9.17, 15) is 14.0 Å². The Kier molecular flexibility index (Phi) is 4.37. The minimum absolute atomic E-state index is 0.309. The molecule has 0 aromatic heterocycles. The zero-order chi connectivity index (χ0) is 17.3. The van der Waals surface area contributed by atoms with Gasteiger partial charge in [-0.25, -0.2) is 9.18 Å². The van der Waals surface area contributed by atoms with Crippen molar-refractivity contribution in [2.75, 3.05) is 13.6 Å². The molecule has 3 amide bonds. The number of imide groups is 1. The second kappa shape index (κ2) is 6.46. The summed E-state index contributed by atoms with van der Waals surface area (Å²) in [6.07, 6.45) is 0.397. The highest BCUT2D eigenvalue weighted by molar-refractivity contribution is 6.04. The van der Waals surface area contributed by atoms with Crippen LogP contribution in [0, 0.1) is 5.82 Å². The maximum absolute atomic E-state index is 13.1. The van der Waals surface area contributed by atoms with E-state index in [-0.39, 0.29) is 11.7 Å². The molecule has 1 aromatic rings. The van der Waals surface area contributed by atoms with Crippen LogP contribution >= 0.6 is 0 Å². The molecule has 0 bridgehead atoms. The molecule has 3 rings (SSSR count). The third-order valence-corrected chi connectivity index (χ3v) is 4.17. The average molecular weight is 333 g/mol. The number of urea groups is 1. The van der Waals surface area contributed by atoms with Gasteiger partial charge in [0.15, 0.2) is 12.0 Å². The van der Waals surface area contributed by atoms with Crippen molar-refractivity contribution >= 4 is 17.9 Å². The van der Waals surface area contributed by atoms with Gasteiger partial charge in [0, 0.05) is 20.1 Å². The molecule has 0 spiro atoms. The molecule has 2 N–H and O–H groups in total.